The third-order valence-corrected chi connectivity index (χ3v) is 4.15. The Bertz CT molecular complexity index is 569. The number of halogens is 2. The lowest BCUT2D eigenvalue weighted by atomic mass is 10.0. The lowest BCUT2D eigenvalue weighted by molar-refractivity contribution is -0.00487. The van der Waals surface area contributed by atoms with Gasteiger partial charge in [0.05, 0.1) is 31.4 Å². The molecule has 0 radical (unpaired) electrons. The quantitative estimate of drug-likeness (QED) is 0.865. The molecule has 1 aromatic carbocycles. The molecule has 0 unspecified atom stereocenters. The van der Waals surface area contributed by atoms with E-state index in [0.717, 1.165) is 6.07 Å². The zero-order valence-electron chi connectivity index (χ0n) is 14.0. The number of nitrogens with zero attached hydrogens (tertiary/aromatic N) is 1. The molecule has 0 aromatic heterocycles. The summed E-state index contributed by atoms with van der Waals surface area (Å²) < 4.78 is 32.4. The minimum Gasteiger partial charge on any atom is -0.393 e. The van der Waals surface area contributed by atoms with Gasteiger partial charge in [-0.15, -0.1) is 0 Å². The molecule has 1 aliphatic heterocycles. The molecule has 0 aliphatic carbocycles. The van der Waals surface area contributed by atoms with E-state index in [1.807, 2.05) is 6.92 Å². The van der Waals surface area contributed by atoms with E-state index in [0.29, 0.717) is 32.6 Å². The van der Waals surface area contributed by atoms with Gasteiger partial charge in [0, 0.05) is 18.2 Å². The van der Waals surface area contributed by atoms with Crippen molar-refractivity contribution in [2.75, 3.05) is 19.8 Å². The Balaban J connectivity index is 2.09. The molecule has 0 saturated carbocycles. The standard InChI is InChI=1S/C17H24F2N2O3/c1-3-16(14-5-4-12(18)9-15(14)19)20-17(23)21-6-7-24-10-13(21)8-11(2)22/h4-5,9,11,13,16,22H,3,6-8,10H2,1-2H3,(H,20,23)/t11-,13+,16-/m0/s1. The number of urea groups is 1. The van der Waals surface area contributed by atoms with E-state index in [1.165, 1.54) is 12.1 Å². The van der Waals surface area contributed by atoms with Crippen molar-refractivity contribution in [2.45, 2.75) is 44.9 Å². The molecule has 1 saturated heterocycles. The Morgan fingerprint density at radius 2 is 2.25 bits per heavy atom. The first-order chi connectivity index (χ1) is 11.4. The van der Waals surface area contributed by atoms with Crippen molar-refractivity contribution in [3.63, 3.8) is 0 Å². The van der Waals surface area contributed by atoms with Gasteiger partial charge in [-0.3, -0.25) is 0 Å². The van der Waals surface area contributed by atoms with E-state index in [-0.39, 0.29) is 17.6 Å². The summed E-state index contributed by atoms with van der Waals surface area (Å²) in [7, 11) is 0. The number of hydrogen-bond donors (Lipinski definition) is 2. The Labute approximate surface area is 140 Å². The summed E-state index contributed by atoms with van der Waals surface area (Å²) in [6, 6.07) is 2.24. The fourth-order valence-electron chi connectivity index (χ4n) is 2.93. The number of aliphatic hydroxyl groups excluding tert-OH is 1. The number of ether oxygens (including phenoxy) is 1. The second-order valence-corrected chi connectivity index (χ2v) is 6.08. The number of carbonyl (C=O) groups excluding carboxylic acids is 1. The predicted molar refractivity (Wildman–Crippen MR) is 85.5 cm³/mol. The van der Waals surface area contributed by atoms with Crippen molar-refractivity contribution >= 4 is 6.03 Å². The number of hydrogen-bond acceptors (Lipinski definition) is 3. The zero-order chi connectivity index (χ0) is 17.7. The topological polar surface area (TPSA) is 61.8 Å². The van der Waals surface area contributed by atoms with E-state index >= 15 is 0 Å². The minimum atomic E-state index is -0.676. The molecule has 7 heteroatoms. The number of morpholine rings is 1. The molecule has 1 heterocycles. The summed E-state index contributed by atoms with van der Waals surface area (Å²) in [5, 5.41) is 12.4. The monoisotopic (exact) mass is 342 g/mol. The van der Waals surface area contributed by atoms with Crippen LogP contribution < -0.4 is 5.32 Å². The predicted octanol–water partition coefficient (Wildman–Crippen LogP) is 2.60. The fraction of sp³-hybridized carbons (Fsp3) is 0.588. The molecule has 2 N–H and O–H groups in total. The molecular formula is C17H24F2N2O3. The van der Waals surface area contributed by atoms with Crippen LogP contribution >= 0.6 is 0 Å². The van der Waals surface area contributed by atoms with Crippen molar-refractivity contribution in [1.82, 2.24) is 10.2 Å². The number of amides is 2. The molecular weight excluding hydrogens is 318 g/mol. The highest BCUT2D eigenvalue weighted by atomic mass is 19.1. The van der Waals surface area contributed by atoms with Crippen LogP contribution in [-0.4, -0.2) is 47.9 Å². The maximum Gasteiger partial charge on any atom is 0.318 e. The molecule has 0 spiro atoms. The second kappa shape index (κ2) is 8.39. The lowest BCUT2D eigenvalue weighted by Gasteiger charge is -2.37. The van der Waals surface area contributed by atoms with Gasteiger partial charge in [0.1, 0.15) is 11.6 Å². The summed E-state index contributed by atoms with van der Waals surface area (Å²) in [6.07, 6.45) is 0.331. The smallest absolute Gasteiger partial charge is 0.318 e. The van der Waals surface area contributed by atoms with Crippen LogP contribution in [0.4, 0.5) is 13.6 Å². The molecule has 1 aromatic rings. The van der Waals surface area contributed by atoms with Crippen molar-refractivity contribution in [1.29, 1.82) is 0 Å². The third-order valence-electron chi connectivity index (χ3n) is 4.15. The molecule has 0 bridgehead atoms. The lowest BCUT2D eigenvalue weighted by Crippen LogP contribution is -2.53. The van der Waals surface area contributed by atoms with Crippen LogP contribution in [0.2, 0.25) is 0 Å². The first kappa shape index (κ1) is 18.6. The Morgan fingerprint density at radius 1 is 1.50 bits per heavy atom. The van der Waals surface area contributed by atoms with Crippen LogP contribution in [0.3, 0.4) is 0 Å². The summed E-state index contributed by atoms with van der Waals surface area (Å²) >= 11 is 0. The normalized spacial score (nSPS) is 20.5. The Morgan fingerprint density at radius 3 is 2.88 bits per heavy atom. The number of rotatable bonds is 5. The SMILES string of the molecule is CC[C@H](NC(=O)N1CCOC[C@H]1C[C@H](C)O)c1ccc(F)cc1F. The highest BCUT2D eigenvalue weighted by molar-refractivity contribution is 5.75. The van der Waals surface area contributed by atoms with Crippen molar-refractivity contribution in [3.8, 4) is 0 Å². The van der Waals surface area contributed by atoms with Crippen LogP contribution in [0.25, 0.3) is 0 Å². The second-order valence-electron chi connectivity index (χ2n) is 6.08. The molecule has 5 nitrogen and oxygen atoms in total. The van der Waals surface area contributed by atoms with E-state index in [2.05, 4.69) is 5.32 Å². The summed E-state index contributed by atoms with van der Waals surface area (Å²) in [5.41, 5.74) is 0.257. The Hall–Kier alpha value is -1.73. The average Bonchev–Trinajstić information content (AvgIpc) is 2.53. The number of benzene rings is 1. The first-order valence-corrected chi connectivity index (χ1v) is 8.20. The van der Waals surface area contributed by atoms with Gasteiger partial charge in [-0.1, -0.05) is 13.0 Å². The first-order valence-electron chi connectivity index (χ1n) is 8.20. The average molecular weight is 342 g/mol. The minimum absolute atomic E-state index is 0.227. The molecule has 1 aliphatic rings. The molecule has 134 valence electrons. The molecule has 2 amide bonds. The van der Waals surface area contributed by atoms with E-state index in [1.54, 1.807) is 11.8 Å². The van der Waals surface area contributed by atoms with Crippen molar-refractivity contribution < 1.29 is 23.4 Å². The van der Waals surface area contributed by atoms with Crippen molar-refractivity contribution in [2.24, 2.45) is 0 Å². The summed E-state index contributed by atoms with van der Waals surface area (Å²) in [6.45, 7) is 4.67. The molecule has 3 atom stereocenters. The van der Waals surface area contributed by atoms with Gasteiger partial charge in [0.15, 0.2) is 0 Å². The number of aliphatic hydroxyl groups is 1. The van der Waals surface area contributed by atoms with Gasteiger partial charge in [0.25, 0.3) is 0 Å². The Kier molecular flexibility index (Phi) is 6.51. The van der Waals surface area contributed by atoms with E-state index in [9.17, 15) is 18.7 Å². The van der Waals surface area contributed by atoms with Gasteiger partial charge in [-0.25, -0.2) is 13.6 Å². The third kappa shape index (κ3) is 4.64. The number of carbonyl (C=O) groups is 1. The van der Waals surface area contributed by atoms with E-state index in [4.69, 9.17) is 4.74 Å². The van der Waals surface area contributed by atoms with E-state index < -0.39 is 23.8 Å². The largest absolute Gasteiger partial charge is 0.393 e. The molecule has 2 rings (SSSR count). The maximum atomic E-state index is 14.0. The highest BCUT2D eigenvalue weighted by Gasteiger charge is 2.30. The van der Waals surface area contributed by atoms with Gasteiger partial charge in [-0.2, -0.15) is 0 Å². The van der Waals surface area contributed by atoms with Crippen LogP contribution in [0.1, 0.15) is 38.3 Å². The van der Waals surface area contributed by atoms with Crippen LogP contribution in [0.5, 0.6) is 0 Å². The summed E-state index contributed by atoms with van der Waals surface area (Å²) in [4.78, 5) is 14.2. The summed E-state index contributed by atoms with van der Waals surface area (Å²) in [5.74, 6) is -1.33. The van der Waals surface area contributed by atoms with Crippen LogP contribution in [0.15, 0.2) is 18.2 Å². The highest BCUT2D eigenvalue weighted by Crippen LogP contribution is 2.22. The van der Waals surface area contributed by atoms with Gasteiger partial charge < -0.3 is 20.1 Å². The molecule has 24 heavy (non-hydrogen) atoms. The zero-order valence-corrected chi connectivity index (χ0v) is 14.0. The van der Waals surface area contributed by atoms with Crippen molar-refractivity contribution in [3.05, 3.63) is 35.4 Å². The molecule has 1 fully saturated rings. The van der Waals surface area contributed by atoms with Crippen LogP contribution in [0, 0.1) is 11.6 Å². The van der Waals surface area contributed by atoms with Gasteiger partial charge >= 0.3 is 6.03 Å². The van der Waals surface area contributed by atoms with Gasteiger partial charge in [0.2, 0.25) is 0 Å². The number of nitrogens with one attached hydrogen (secondary N) is 1. The fourth-order valence-corrected chi connectivity index (χ4v) is 2.93. The maximum absolute atomic E-state index is 14.0. The van der Waals surface area contributed by atoms with Gasteiger partial charge in [-0.05, 0) is 25.8 Å². The van der Waals surface area contributed by atoms with Crippen LogP contribution in [-0.2, 0) is 4.74 Å².